The molecular formula is C12H14O10. The van der Waals surface area contributed by atoms with E-state index >= 15 is 0 Å². The SMILES string of the molecule is CC(O)(O)OOC(=O)c1ccc(C(=O)OOC(C)(O)O)cc1. The summed E-state index contributed by atoms with van der Waals surface area (Å²) in [5, 5.41) is 35.2. The molecule has 122 valence electrons. The number of rotatable bonds is 6. The predicted octanol–water partition coefficient (Wildman–Crippen LogP) is -0.820. The van der Waals surface area contributed by atoms with E-state index in [-0.39, 0.29) is 11.1 Å². The second-order valence-electron chi connectivity index (χ2n) is 4.35. The van der Waals surface area contributed by atoms with Gasteiger partial charge in [0.05, 0.1) is 11.1 Å². The van der Waals surface area contributed by atoms with Crippen molar-refractivity contribution in [1.29, 1.82) is 0 Å². The van der Waals surface area contributed by atoms with E-state index in [0.717, 1.165) is 38.1 Å². The first-order chi connectivity index (χ1) is 9.98. The summed E-state index contributed by atoms with van der Waals surface area (Å²) in [4.78, 5) is 39.2. The summed E-state index contributed by atoms with van der Waals surface area (Å²) in [6.07, 6.45) is 0. The zero-order valence-corrected chi connectivity index (χ0v) is 11.5. The van der Waals surface area contributed by atoms with Crippen LogP contribution in [-0.2, 0) is 19.6 Å². The summed E-state index contributed by atoms with van der Waals surface area (Å²) < 4.78 is 0. The molecule has 0 saturated carbocycles. The van der Waals surface area contributed by atoms with Gasteiger partial charge in [0.1, 0.15) is 0 Å². The minimum Gasteiger partial charge on any atom is -0.341 e. The molecule has 1 rings (SSSR count). The molecule has 0 fully saturated rings. The van der Waals surface area contributed by atoms with Crippen LogP contribution in [0.3, 0.4) is 0 Å². The molecule has 0 aliphatic rings. The number of aliphatic hydroxyl groups is 4. The van der Waals surface area contributed by atoms with Gasteiger partial charge in [0, 0.05) is 13.8 Å². The molecule has 0 bridgehead atoms. The summed E-state index contributed by atoms with van der Waals surface area (Å²) in [6, 6.07) is 4.63. The third-order valence-corrected chi connectivity index (χ3v) is 1.91. The highest BCUT2D eigenvalue weighted by atomic mass is 17.3. The molecule has 4 N–H and O–H groups in total. The van der Waals surface area contributed by atoms with Crippen LogP contribution in [0.4, 0.5) is 0 Å². The highest BCUT2D eigenvalue weighted by Gasteiger charge is 2.22. The van der Waals surface area contributed by atoms with Crippen molar-refractivity contribution < 1.29 is 49.6 Å². The van der Waals surface area contributed by atoms with Gasteiger partial charge in [0.25, 0.3) is 0 Å². The van der Waals surface area contributed by atoms with E-state index < -0.39 is 23.9 Å². The smallest absolute Gasteiger partial charge is 0.341 e. The lowest BCUT2D eigenvalue weighted by Crippen LogP contribution is -2.29. The molecule has 0 atom stereocenters. The van der Waals surface area contributed by atoms with Crippen LogP contribution in [0.25, 0.3) is 0 Å². The number of hydrogen-bond acceptors (Lipinski definition) is 10. The van der Waals surface area contributed by atoms with Crippen LogP contribution in [0, 0.1) is 0 Å². The van der Waals surface area contributed by atoms with Crippen molar-refractivity contribution in [2.45, 2.75) is 25.8 Å². The summed E-state index contributed by atoms with van der Waals surface area (Å²) in [5.74, 6) is -7.36. The van der Waals surface area contributed by atoms with Crippen molar-refractivity contribution in [2.75, 3.05) is 0 Å². The summed E-state index contributed by atoms with van der Waals surface area (Å²) in [6.45, 7) is 1.66. The van der Waals surface area contributed by atoms with Crippen molar-refractivity contribution in [3.63, 3.8) is 0 Å². The number of hydrogen-bond donors (Lipinski definition) is 4. The van der Waals surface area contributed by atoms with E-state index in [1.807, 2.05) is 0 Å². The topological polar surface area (TPSA) is 152 Å². The lowest BCUT2D eigenvalue weighted by atomic mass is 10.1. The monoisotopic (exact) mass is 318 g/mol. The quantitative estimate of drug-likeness (QED) is 0.297. The Bertz CT molecular complexity index is 473. The molecule has 10 nitrogen and oxygen atoms in total. The molecule has 0 aliphatic heterocycles. The van der Waals surface area contributed by atoms with Crippen molar-refractivity contribution in [1.82, 2.24) is 0 Å². The largest absolute Gasteiger partial charge is 0.373 e. The Labute approximate surface area is 123 Å². The number of carbonyl (C=O) groups is 2. The van der Waals surface area contributed by atoms with Gasteiger partial charge in [-0.1, -0.05) is 0 Å². The zero-order valence-electron chi connectivity index (χ0n) is 11.5. The summed E-state index contributed by atoms with van der Waals surface area (Å²) in [7, 11) is 0. The molecule has 0 heterocycles. The lowest BCUT2D eigenvalue weighted by molar-refractivity contribution is -0.454. The molecule has 22 heavy (non-hydrogen) atoms. The normalized spacial score (nSPS) is 11.9. The average molecular weight is 318 g/mol. The molecule has 0 radical (unpaired) electrons. The second-order valence-corrected chi connectivity index (χ2v) is 4.35. The Morgan fingerprint density at radius 3 is 1.27 bits per heavy atom. The maximum absolute atomic E-state index is 11.5. The van der Waals surface area contributed by atoms with Crippen LogP contribution in [0.15, 0.2) is 24.3 Å². The molecule has 0 amide bonds. The maximum Gasteiger partial charge on any atom is 0.373 e. The number of carbonyl (C=O) groups excluding carboxylic acids is 2. The fourth-order valence-corrected chi connectivity index (χ4v) is 1.07. The van der Waals surface area contributed by atoms with Crippen molar-refractivity contribution in [3.05, 3.63) is 35.4 Å². The van der Waals surface area contributed by atoms with Crippen molar-refractivity contribution >= 4 is 11.9 Å². The van der Waals surface area contributed by atoms with E-state index in [2.05, 4.69) is 19.6 Å². The van der Waals surface area contributed by atoms with Crippen molar-refractivity contribution in [2.24, 2.45) is 0 Å². The van der Waals surface area contributed by atoms with Crippen LogP contribution in [0.5, 0.6) is 0 Å². The molecule has 0 unspecified atom stereocenters. The maximum atomic E-state index is 11.5. The molecule has 0 aromatic heterocycles. The van der Waals surface area contributed by atoms with Crippen LogP contribution < -0.4 is 0 Å². The first-order valence-electron chi connectivity index (χ1n) is 5.77. The standard InChI is InChI=1S/C12H14O10/c1-11(15,16)21-19-9(13)7-3-5-8(6-4-7)10(14)20-22-12(2,17)18/h3-6,15-18H,1-2H3. The van der Waals surface area contributed by atoms with Crippen LogP contribution in [0.1, 0.15) is 34.6 Å². The van der Waals surface area contributed by atoms with Crippen LogP contribution >= 0.6 is 0 Å². The first kappa shape index (κ1) is 18.0. The van der Waals surface area contributed by atoms with Crippen LogP contribution in [0.2, 0.25) is 0 Å². The summed E-state index contributed by atoms with van der Waals surface area (Å²) in [5.41, 5.74) is -0.119. The predicted molar refractivity (Wildman–Crippen MR) is 65.1 cm³/mol. The van der Waals surface area contributed by atoms with E-state index in [9.17, 15) is 9.59 Å². The van der Waals surface area contributed by atoms with Gasteiger partial charge in [-0.3, -0.25) is 9.78 Å². The van der Waals surface area contributed by atoms with Gasteiger partial charge in [-0.15, -0.1) is 9.78 Å². The van der Waals surface area contributed by atoms with Gasteiger partial charge in [-0.25, -0.2) is 9.59 Å². The van der Waals surface area contributed by atoms with E-state index in [1.54, 1.807) is 0 Å². The van der Waals surface area contributed by atoms with Crippen molar-refractivity contribution in [3.8, 4) is 0 Å². The molecule has 0 spiro atoms. The molecular weight excluding hydrogens is 304 g/mol. The Morgan fingerprint density at radius 2 is 1.05 bits per heavy atom. The minimum absolute atomic E-state index is 0.0594. The first-order valence-corrected chi connectivity index (χ1v) is 5.77. The van der Waals surface area contributed by atoms with Gasteiger partial charge < -0.3 is 20.4 Å². The fourth-order valence-electron chi connectivity index (χ4n) is 1.07. The van der Waals surface area contributed by atoms with E-state index in [4.69, 9.17) is 20.4 Å². The third-order valence-electron chi connectivity index (χ3n) is 1.91. The Morgan fingerprint density at radius 1 is 0.773 bits per heavy atom. The average Bonchev–Trinajstić information content (AvgIpc) is 2.40. The molecule has 1 aromatic rings. The lowest BCUT2D eigenvalue weighted by Gasteiger charge is -2.14. The van der Waals surface area contributed by atoms with E-state index in [0.29, 0.717) is 0 Å². The molecule has 1 aromatic carbocycles. The van der Waals surface area contributed by atoms with Gasteiger partial charge in [-0.05, 0) is 24.3 Å². The van der Waals surface area contributed by atoms with Crippen LogP contribution in [-0.4, -0.2) is 44.3 Å². The van der Waals surface area contributed by atoms with Gasteiger partial charge in [-0.2, -0.15) is 0 Å². The highest BCUT2D eigenvalue weighted by Crippen LogP contribution is 2.11. The van der Waals surface area contributed by atoms with E-state index in [1.165, 1.54) is 0 Å². The summed E-state index contributed by atoms with van der Waals surface area (Å²) >= 11 is 0. The Hall–Kier alpha value is -2.08. The molecule has 0 saturated heterocycles. The minimum atomic E-state index is -2.64. The number of benzene rings is 1. The Kier molecular flexibility index (Phi) is 5.54. The second kappa shape index (κ2) is 6.79. The van der Waals surface area contributed by atoms with Gasteiger partial charge in [0.2, 0.25) is 0 Å². The van der Waals surface area contributed by atoms with Gasteiger partial charge in [0.15, 0.2) is 0 Å². The fraction of sp³-hybridized carbons (Fsp3) is 0.333. The molecule has 10 heteroatoms. The highest BCUT2D eigenvalue weighted by molar-refractivity contribution is 5.92. The Balaban J connectivity index is 2.62. The zero-order chi connectivity index (χ0) is 17.0. The van der Waals surface area contributed by atoms with Gasteiger partial charge >= 0.3 is 23.9 Å². The third kappa shape index (κ3) is 6.58. The molecule has 0 aliphatic carbocycles.